The van der Waals surface area contributed by atoms with Crippen LogP contribution in [-0.4, -0.2) is 23.7 Å². The molecule has 0 bridgehead atoms. The van der Waals surface area contributed by atoms with E-state index in [0.717, 1.165) is 5.56 Å². The minimum absolute atomic E-state index is 0.104. The third-order valence-electron chi connectivity index (χ3n) is 2.96. The fraction of sp³-hybridized carbons (Fsp3) is 0.462. The summed E-state index contributed by atoms with van der Waals surface area (Å²) in [6, 6.07) is 9.20. The molecule has 0 spiro atoms. The van der Waals surface area contributed by atoms with Gasteiger partial charge in [0.1, 0.15) is 0 Å². The number of carbonyl (C=O) groups is 1. The Labute approximate surface area is 114 Å². The van der Waals surface area contributed by atoms with Crippen LogP contribution in [0.2, 0.25) is 0 Å². The maximum Gasteiger partial charge on any atom is 0.327 e. The molecular formula is C13H18NO4P. The van der Waals surface area contributed by atoms with Crippen molar-refractivity contribution in [3.8, 4) is 0 Å². The predicted octanol–water partition coefficient (Wildman–Crippen LogP) is 2.43. The van der Waals surface area contributed by atoms with Crippen molar-refractivity contribution in [2.75, 3.05) is 6.61 Å². The molecule has 0 heterocycles. The highest BCUT2D eigenvalue weighted by Crippen LogP contribution is 2.30. The molecule has 0 amide bonds. The fourth-order valence-corrected chi connectivity index (χ4v) is 2.33. The van der Waals surface area contributed by atoms with E-state index in [4.69, 9.17) is 10.3 Å². The second-order valence-electron chi connectivity index (χ2n) is 4.55. The first kappa shape index (κ1) is 15.8. The molecule has 5 nitrogen and oxygen atoms in total. The Kier molecular flexibility index (Phi) is 6.64. The van der Waals surface area contributed by atoms with Crippen LogP contribution >= 0.6 is 8.69 Å². The van der Waals surface area contributed by atoms with Crippen LogP contribution in [0.25, 0.3) is 0 Å². The van der Waals surface area contributed by atoms with Crippen LogP contribution in [0.3, 0.4) is 0 Å². The smallest absolute Gasteiger partial charge is 0.327 e. The molecule has 6 heteroatoms. The third kappa shape index (κ3) is 5.07. The van der Waals surface area contributed by atoms with Gasteiger partial charge in [0.2, 0.25) is 0 Å². The lowest BCUT2D eigenvalue weighted by Crippen LogP contribution is -2.30. The number of nitrogens with two attached hydrogens (primary N) is 1. The summed E-state index contributed by atoms with van der Waals surface area (Å²) >= 11 is 0. The van der Waals surface area contributed by atoms with Crippen molar-refractivity contribution in [3.05, 3.63) is 35.9 Å². The quantitative estimate of drug-likeness (QED) is 0.715. The predicted molar refractivity (Wildman–Crippen MR) is 72.1 cm³/mol. The fourth-order valence-electron chi connectivity index (χ4n) is 2.10. The standard InChI is InChI=1S/C13H18NO4P/c1-9(14)7-11(10-5-3-2-4-6-10)12(13(15)16)8-18-19-17/h2-6,9,11-12H,7-8,14H2,1H3,(H,15,16). The van der Waals surface area contributed by atoms with Gasteiger partial charge in [0.25, 0.3) is 0 Å². The lowest BCUT2D eigenvalue weighted by molar-refractivity contribution is -0.143. The molecule has 3 unspecified atom stereocenters. The average Bonchev–Trinajstić information content (AvgIpc) is 2.38. The van der Waals surface area contributed by atoms with Gasteiger partial charge in [-0.1, -0.05) is 30.3 Å². The van der Waals surface area contributed by atoms with E-state index in [9.17, 15) is 14.5 Å². The summed E-state index contributed by atoms with van der Waals surface area (Å²) in [5.41, 5.74) is 6.70. The van der Waals surface area contributed by atoms with Gasteiger partial charge in [-0.25, -0.2) is 4.57 Å². The molecule has 3 N–H and O–H groups in total. The Morgan fingerprint density at radius 3 is 2.53 bits per heavy atom. The zero-order valence-electron chi connectivity index (χ0n) is 10.7. The van der Waals surface area contributed by atoms with Crippen molar-refractivity contribution < 1.29 is 19.0 Å². The number of hydrogen-bond acceptors (Lipinski definition) is 4. The van der Waals surface area contributed by atoms with E-state index >= 15 is 0 Å². The van der Waals surface area contributed by atoms with Crippen LogP contribution in [0, 0.1) is 5.92 Å². The molecule has 0 aromatic heterocycles. The van der Waals surface area contributed by atoms with Crippen LogP contribution in [0.4, 0.5) is 0 Å². The first-order valence-electron chi connectivity index (χ1n) is 6.04. The van der Waals surface area contributed by atoms with Gasteiger partial charge in [-0.15, -0.1) is 0 Å². The Hall–Kier alpha value is -1.29. The van der Waals surface area contributed by atoms with E-state index in [1.165, 1.54) is 0 Å². The summed E-state index contributed by atoms with van der Waals surface area (Å²) in [6.45, 7) is 1.73. The third-order valence-corrected chi connectivity index (χ3v) is 3.22. The molecule has 0 fully saturated rings. The first-order chi connectivity index (χ1) is 9.06. The summed E-state index contributed by atoms with van der Waals surface area (Å²) in [5, 5.41) is 9.32. The van der Waals surface area contributed by atoms with Gasteiger partial charge in [-0.2, -0.15) is 0 Å². The Morgan fingerprint density at radius 2 is 2.05 bits per heavy atom. The van der Waals surface area contributed by atoms with Crippen molar-refractivity contribution in [3.63, 3.8) is 0 Å². The summed E-state index contributed by atoms with van der Waals surface area (Å²) in [6.07, 6.45) is 0.528. The van der Waals surface area contributed by atoms with Crippen LogP contribution in [-0.2, 0) is 13.9 Å². The summed E-state index contributed by atoms with van der Waals surface area (Å²) in [4.78, 5) is 11.4. The van der Waals surface area contributed by atoms with Gasteiger partial charge in [0.05, 0.1) is 12.5 Å². The van der Waals surface area contributed by atoms with Crippen molar-refractivity contribution in [2.24, 2.45) is 11.7 Å². The van der Waals surface area contributed by atoms with E-state index in [1.807, 2.05) is 37.3 Å². The Bertz CT molecular complexity index is 410. The van der Waals surface area contributed by atoms with Crippen molar-refractivity contribution in [1.29, 1.82) is 0 Å². The van der Waals surface area contributed by atoms with Gasteiger partial charge in [0, 0.05) is 12.0 Å². The molecule has 1 aromatic carbocycles. The van der Waals surface area contributed by atoms with Crippen LogP contribution in [0.1, 0.15) is 24.8 Å². The molecule has 0 radical (unpaired) electrons. The zero-order chi connectivity index (χ0) is 14.3. The average molecular weight is 283 g/mol. The minimum atomic E-state index is -0.974. The molecule has 3 atom stereocenters. The highest BCUT2D eigenvalue weighted by atomic mass is 31.1. The molecule has 0 aliphatic rings. The topological polar surface area (TPSA) is 89.6 Å². The molecule has 1 aromatic rings. The van der Waals surface area contributed by atoms with Crippen LogP contribution < -0.4 is 5.73 Å². The zero-order valence-corrected chi connectivity index (χ0v) is 11.6. The number of aliphatic carboxylic acids is 1. The van der Waals surface area contributed by atoms with E-state index in [0.29, 0.717) is 6.42 Å². The first-order valence-corrected chi connectivity index (χ1v) is 6.77. The summed E-state index contributed by atoms with van der Waals surface area (Å²) in [5.74, 6) is -2.01. The largest absolute Gasteiger partial charge is 0.481 e. The van der Waals surface area contributed by atoms with E-state index < -0.39 is 20.6 Å². The molecule has 104 valence electrons. The van der Waals surface area contributed by atoms with E-state index in [2.05, 4.69) is 0 Å². The Morgan fingerprint density at radius 1 is 1.42 bits per heavy atom. The second kappa shape index (κ2) is 8.00. The number of hydrogen-bond donors (Lipinski definition) is 2. The lowest BCUT2D eigenvalue weighted by Gasteiger charge is -2.25. The normalized spacial score (nSPS) is 15.9. The summed E-state index contributed by atoms with van der Waals surface area (Å²) < 4.78 is 15.1. The molecule has 0 saturated heterocycles. The van der Waals surface area contributed by atoms with Crippen molar-refractivity contribution in [1.82, 2.24) is 0 Å². The van der Waals surface area contributed by atoms with Gasteiger partial charge in [-0.3, -0.25) is 9.32 Å². The van der Waals surface area contributed by atoms with Crippen molar-refractivity contribution in [2.45, 2.75) is 25.3 Å². The number of benzene rings is 1. The number of carboxylic acid groups (broad SMARTS) is 1. The molecular weight excluding hydrogens is 265 g/mol. The monoisotopic (exact) mass is 283 g/mol. The van der Waals surface area contributed by atoms with Gasteiger partial charge < -0.3 is 10.8 Å². The molecule has 19 heavy (non-hydrogen) atoms. The Balaban J connectivity index is 2.99. The number of carboxylic acids is 1. The van der Waals surface area contributed by atoms with E-state index in [-0.39, 0.29) is 18.6 Å². The van der Waals surface area contributed by atoms with Crippen LogP contribution in [0.15, 0.2) is 30.3 Å². The highest BCUT2D eigenvalue weighted by Gasteiger charge is 2.30. The van der Waals surface area contributed by atoms with E-state index in [1.54, 1.807) is 0 Å². The second-order valence-corrected chi connectivity index (χ2v) is 4.95. The molecule has 0 aliphatic carbocycles. The van der Waals surface area contributed by atoms with Crippen LogP contribution in [0.5, 0.6) is 0 Å². The maximum absolute atomic E-state index is 11.4. The molecule has 0 saturated carbocycles. The SMILES string of the molecule is CC(N)CC(c1ccccc1)C(COP=O)C(=O)O. The van der Waals surface area contributed by atoms with Gasteiger partial charge in [-0.05, 0) is 18.9 Å². The summed E-state index contributed by atoms with van der Waals surface area (Å²) in [7, 11) is -0.510. The molecule has 1 rings (SSSR count). The highest BCUT2D eigenvalue weighted by molar-refractivity contribution is 7.17. The van der Waals surface area contributed by atoms with Gasteiger partial charge in [0.15, 0.2) is 0 Å². The van der Waals surface area contributed by atoms with Crippen molar-refractivity contribution >= 4 is 14.7 Å². The molecule has 0 aliphatic heterocycles. The minimum Gasteiger partial charge on any atom is -0.481 e. The van der Waals surface area contributed by atoms with Gasteiger partial charge >= 0.3 is 14.7 Å². The number of rotatable bonds is 8. The lowest BCUT2D eigenvalue weighted by atomic mass is 9.82. The maximum atomic E-state index is 11.4.